The van der Waals surface area contributed by atoms with E-state index in [1.54, 1.807) is 11.8 Å². The normalized spacial score (nSPS) is 10.4. The van der Waals surface area contributed by atoms with Crippen LogP contribution in [0.1, 0.15) is 22.3 Å². The summed E-state index contributed by atoms with van der Waals surface area (Å²) in [6, 6.07) is 16.6. The molecule has 0 bridgehead atoms. The number of carbonyl (C=O) groups excluding carboxylic acids is 1. The molecule has 0 radical (unpaired) electrons. The molecule has 2 aromatic rings. The zero-order valence-corrected chi connectivity index (χ0v) is 13.4. The molecular formula is C18H21NOS. The van der Waals surface area contributed by atoms with Crippen molar-refractivity contribution in [3.63, 3.8) is 0 Å². The van der Waals surface area contributed by atoms with E-state index in [9.17, 15) is 4.79 Å². The van der Waals surface area contributed by atoms with Crippen molar-refractivity contribution >= 4 is 17.7 Å². The molecule has 2 nitrogen and oxygen atoms in total. The topological polar surface area (TPSA) is 29.1 Å². The zero-order chi connectivity index (χ0) is 15.1. The molecular weight excluding hydrogens is 278 g/mol. The number of hydrogen-bond donors (Lipinski definition) is 1. The van der Waals surface area contributed by atoms with E-state index in [0.717, 1.165) is 5.75 Å². The number of benzene rings is 2. The van der Waals surface area contributed by atoms with E-state index in [0.29, 0.717) is 12.3 Å². The first kappa shape index (κ1) is 15.6. The molecule has 0 unspecified atom stereocenters. The van der Waals surface area contributed by atoms with Crippen molar-refractivity contribution in [2.24, 2.45) is 0 Å². The third kappa shape index (κ3) is 5.27. The van der Waals surface area contributed by atoms with Crippen molar-refractivity contribution in [1.29, 1.82) is 0 Å². The molecule has 21 heavy (non-hydrogen) atoms. The molecule has 3 heteroatoms. The number of thioether (sulfide) groups is 1. The van der Waals surface area contributed by atoms with Gasteiger partial charge in [0.25, 0.3) is 0 Å². The Hall–Kier alpha value is -1.74. The summed E-state index contributed by atoms with van der Waals surface area (Å²) in [6.45, 7) is 4.75. The van der Waals surface area contributed by atoms with Crippen LogP contribution in [0.25, 0.3) is 0 Å². The highest BCUT2D eigenvalue weighted by molar-refractivity contribution is 7.99. The second-order valence-corrected chi connectivity index (χ2v) is 6.17. The summed E-state index contributed by atoms with van der Waals surface area (Å²) in [5, 5.41) is 2.98. The summed E-state index contributed by atoms with van der Waals surface area (Å²) >= 11 is 1.65. The van der Waals surface area contributed by atoms with E-state index >= 15 is 0 Å². The van der Waals surface area contributed by atoms with Gasteiger partial charge >= 0.3 is 0 Å². The molecule has 1 N–H and O–H groups in total. The molecule has 0 aliphatic heterocycles. The van der Waals surface area contributed by atoms with Gasteiger partial charge in [-0.15, -0.1) is 11.8 Å². The van der Waals surface area contributed by atoms with Crippen LogP contribution in [0.15, 0.2) is 48.5 Å². The lowest BCUT2D eigenvalue weighted by Crippen LogP contribution is -2.24. The SMILES string of the molecule is Cc1ccc(CSCC(=O)NCc2ccccc2C)cc1. The molecule has 0 saturated heterocycles. The van der Waals surface area contributed by atoms with Crippen molar-refractivity contribution < 1.29 is 4.79 Å². The molecule has 0 saturated carbocycles. The highest BCUT2D eigenvalue weighted by Gasteiger charge is 2.03. The molecule has 0 heterocycles. The van der Waals surface area contributed by atoms with Crippen LogP contribution in [-0.4, -0.2) is 11.7 Å². The van der Waals surface area contributed by atoms with Crippen LogP contribution in [0.4, 0.5) is 0 Å². The molecule has 2 aromatic carbocycles. The average molecular weight is 299 g/mol. The van der Waals surface area contributed by atoms with Gasteiger partial charge in [-0.05, 0) is 30.5 Å². The van der Waals surface area contributed by atoms with Crippen LogP contribution in [-0.2, 0) is 17.1 Å². The Kier molecular flexibility index (Phi) is 5.88. The Morgan fingerprint density at radius 1 is 1.05 bits per heavy atom. The van der Waals surface area contributed by atoms with E-state index in [2.05, 4.69) is 55.6 Å². The minimum atomic E-state index is 0.0929. The van der Waals surface area contributed by atoms with E-state index in [-0.39, 0.29) is 5.91 Å². The van der Waals surface area contributed by atoms with Crippen LogP contribution in [0, 0.1) is 13.8 Å². The number of aryl methyl sites for hydroxylation is 2. The lowest BCUT2D eigenvalue weighted by atomic mass is 10.1. The van der Waals surface area contributed by atoms with Gasteiger partial charge in [0.2, 0.25) is 5.91 Å². The fraction of sp³-hybridized carbons (Fsp3) is 0.278. The summed E-state index contributed by atoms with van der Waals surface area (Å²) in [6.07, 6.45) is 0. The van der Waals surface area contributed by atoms with Crippen molar-refractivity contribution in [3.05, 3.63) is 70.8 Å². The first-order valence-electron chi connectivity index (χ1n) is 7.09. The average Bonchev–Trinajstić information content (AvgIpc) is 2.48. The van der Waals surface area contributed by atoms with Gasteiger partial charge in [-0.3, -0.25) is 4.79 Å². The molecule has 0 aromatic heterocycles. The molecule has 1 amide bonds. The first-order chi connectivity index (χ1) is 10.1. The Balaban J connectivity index is 1.70. The number of nitrogens with one attached hydrogen (secondary N) is 1. The summed E-state index contributed by atoms with van der Waals surface area (Å²) in [4.78, 5) is 11.8. The van der Waals surface area contributed by atoms with Gasteiger partial charge in [-0.1, -0.05) is 54.1 Å². The summed E-state index contributed by atoms with van der Waals surface area (Å²) in [7, 11) is 0. The number of rotatable bonds is 6. The Morgan fingerprint density at radius 3 is 2.48 bits per heavy atom. The van der Waals surface area contributed by atoms with Gasteiger partial charge in [0.15, 0.2) is 0 Å². The second-order valence-electron chi connectivity index (χ2n) is 5.18. The molecule has 0 fully saturated rings. The second kappa shape index (κ2) is 7.89. The fourth-order valence-corrected chi connectivity index (χ4v) is 2.82. The minimum absolute atomic E-state index is 0.0929. The van der Waals surface area contributed by atoms with Gasteiger partial charge < -0.3 is 5.32 Å². The van der Waals surface area contributed by atoms with Crippen molar-refractivity contribution in [2.75, 3.05) is 5.75 Å². The number of carbonyl (C=O) groups is 1. The minimum Gasteiger partial charge on any atom is -0.351 e. The highest BCUT2D eigenvalue weighted by Crippen LogP contribution is 2.13. The van der Waals surface area contributed by atoms with E-state index < -0.39 is 0 Å². The van der Waals surface area contributed by atoms with Crippen LogP contribution < -0.4 is 5.32 Å². The van der Waals surface area contributed by atoms with Crippen molar-refractivity contribution in [3.8, 4) is 0 Å². The van der Waals surface area contributed by atoms with Crippen molar-refractivity contribution in [2.45, 2.75) is 26.1 Å². The summed E-state index contributed by atoms with van der Waals surface area (Å²) in [5.74, 6) is 1.47. The van der Waals surface area contributed by atoms with Gasteiger partial charge in [0.05, 0.1) is 5.75 Å². The van der Waals surface area contributed by atoms with Crippen molar-refractivity contribution in [1.82, 2.24) is 5.32 Å². The molecule has 0 aliphatic carbocycles. The highest BCUT2D eigenvalue weighted by atomic mass is 32.2. The third-order valence-corrected chi connectivity index (χ3v) is 4.36. The quantitative estimate of drug-likeness (QED) is 0.877. The van der Waals surface area contributed by atoms with E-state index in [1.807, 2.05) is 12.1 Å². The van der Waals surface area contributed by atoms with Crippen LogP contribution in [0.2, 0.25) is 0 Å². The maximum absolute atomic E-state index is 11.8. The zero-order valence-electron chi connectivity index (χ0n) is 12.6. The molecule has 0 atom stereocenters. The predicted molar refractivity (Wildman–Crippen MR) is 90.4 cm³/mol. The Labute approximate surface area is 131 Å². The standard InChI is InChI=1S/C18H21NOS/c1-14-7-9-16(10-8-14)12-21-13-18(20)19-11-17-6-4-3-5-15(17)2/h3-10H,11-13H2,1-2H3,(H,19,20). The van der Waals surface area contributed by atoms with E-state index in [1.165, 1.54) is 22.3 Å². The molecule has 110 valence electrons. The van der Waals surface area contributed by atoms with Gasteiger partial charge in [-0.25, -0.2) is 0 Å². The predicted octanol–water partition coefficient (Wildman–Crippen LogP) is 3.85. The molecule has 0 spiro atoms. The fourth-order valence-electron chi connectivity index (χ4n) is 2.00. The maximum atomic E-state index is 11.8. The van der Waals surface area contributed by atoms with Gasteiger partial charge in [0.1, 0.15) is 0 Å². The van der Waals surface area contributed by atoms with Gasteiger partial charge in [0, 0.05) is 12.3 Å². The lowest BCUT2D eigenvalue weighted by Gasteiger charge is -2.08. The monoisotopic (exact) mass is 299 g/mol. The van der Waals surface area contributed by atoms with Crippen LogP contribution in [0.3, 0.4) is 0 Å². The number of hydrogen-bond acceptors (Lipinski definition) is 2. The molecule has 0 aliphatic rings. The summed E-state index contributed by atoms with van der Waals surface area (Å²) in [5.41, 5.74) is 4.91. The maximum Gasteiger partial charge on any atom is 0.230 e. The Morgan fingerprint density at radius 2 is 1.76 bits per heavy atom. The van der Waals surface area contributed by atoms with Crippen LogP contribution in [0.5, 0.6) is 0 Å². The first-order valence-corrected chi connectivity index (χ1v) is 8.25. The smallest absolute Gasteiger partial charge is 0.230 e. The van der Waals surface area contributed by atoms with E-state index in [4.69, 9.17) is 0 Å². The number of amides is 1. The summed E-state index contributed by atoms with van der Waals surface area (Å²) < 4.78 is 0. The largest absolute Gasteiger partial charge is 0.351 e. The third-order valence-electron chi connectivity index (χ3n) is 3.36. The lowest BCUT2D eigenvalue weighted by molar-refractivity contribution is -0.118. The molecule has 2 rings (SSSR count). The Bertz CT molecular complexity index is 592. The van der Waals surface area contributed by atoms with Crippen LogP contribution >= 0.6 is 11.8 Å². The van der Waals surface area contributed by atoms with Gasteiger partial charge in [-0.2, -0.15) is 0 Å².